The molecule has 0 bridgehead atoms. The Bertz CT molecular complexity index is 814. The average molecular weight is 364 g/mol. The van der Waals surface area contributed by atoms with E-state index in [1.165, 1.54) is 19.3 Å². The van der Waals surface area contributed by atoms with Crippen molar-refractivity contribution in [1.82, 2.24) is 4.98 Å². The second-order valence-electron chi connectivity index (χ2n) is 6.96. The summed E-state index contributed by atoms with van der Waals surface area (Å²) in [5.41, 5.74) is 0.995. The van der Waals surface area contributed by atoms with Crippen molar-refractivity contribution < 1.29 is 14.3 Å². The number of benzene rings is 1. The van der Waals surface area contributed by atoms with Gasteiger partial charge >= 0.3 is 0 Å². The molecule has 0 atom stereocenters. The van der Waals surface area contributed by atoms with Crippen LogP contribution in [-0.4, -0.2) is 23.7 Å². The molecule has 2 aromatic rings. The molecule has 1 aliphatic heterocycles. The first kappa shape index (κ1) is 17.6. The highest BCUT2D eigenvalue weighted by Crippen LogP contribution is 2.33. The van der Waals surface area contributed by atoms with Crippen molar-refractivity contribution >= 4 is 17.8 Å². The van der Waals surface area contributed by atoms with Gasteiger partial charge in [-0.15, -0.1) is 0 Å². The number of nitrogens with zero attached hydrogens (tertiary/aromatic N) is 2. The number of pyridine rings is 1. The lowest BCUT2D eigenvalue weighted by molar-refractivity contribution is -0.118. The van der Waals surface area contributed by atoms with E-state index in [-0.39, 0.29) is 18.7 Å². The van der Waals surface area contributed by atoms with Crippen LogP contribution in [0.2, 0.25) is 0 Å². The van der Waals surface area contributed by atoms with Gasteiger partial charge in [0.1, 0.15) is 5.82 Å². The molecule has 0 spiro atoms. The molecule has 5 nitrogen and oxygen atoms in total. The van der Waals surface area contributed by atoms with Gasteiger partial charge in [0.05, 0.1) is 0 Å². The molecule has 2 heterocycles. The van der Waals surface area contributed by atoms with E-state index in [2.05, 4.69) is 4.98 Å². The molecule has 1 saturated carbocycles. The van der Waals surface area contributed by atoms with Crippen LogP contribution in [0.3, 0.4) is 0 Å². The summed E-state index contributed by atoms with van der Waals surface area (Å²) in [4.78, 5) is 19.3. The molecule has 5 heteroatoms. The van der Waals surface area contributed by atoms with Gasteiger partial charge in [0, 0.05) is 18.7 Å². The van der Waals surface area contributed by atoms with Gasteiger partial charge in [-0.2, -0.15) is 0 Å². The second kappa shape index (κ2) is 8.25. The lowest BCUT2D eigenvalue weighted by Gasteiger charge is -2.33. The Hall–Kier alpha value is -2.82. The standard InChI is InChI=1S/C22H24N2O3/c25-22(11-6-7-17-12-13-19-20(15-17)27-16-26-19)24(18-8-2-1-3-9-18)21-10-4-5-14-23-21/h4-7,10,12-15,18H,1-3,8-9,11,16H2/b7-6-. The lowest BCUT2D eigenvalue weighted by atomic mass is 9.94. The van der Waals surface area contributed by atoms with Gasteiger partial charge < -0.3 is 9.47 Å². The van der Waals surface area contributed by atoms with Crippen LogP contribution in [0.1, 0.15) is 44.1 Å². The third-order valence-corrected chi connectivity index (χ3v) is 5.10. The summed E-state index contributed by atoms with van der Waals surface area (Å²) < 4.78 is 10.7. The van der Waals surface area contributed by atoms with E-state index in [4.69, 9.17) is 9.47 Å². The smallest absolute Gasteiger partial charge is 0.232 e. The van der Waals surface area contributed by atoms with Crippen molar-refractivity contribution in [3.05, 3.63) is 54.2 Å². The van der Waals surface area contributed by atoms with Crippen LogP contribution >= 0.6 is 0 Å². The molecule has 4 rings (SSSR count). The quantitative estimate of drug-likeness (QED) is 0.779. The van der Waals surface area contributed by atoms with Gasteiger partial charge in [0.15, 0.2) is 11.5 Å². The molecule has 1 aromatic carbocycles. The number of rotatable bonds is 5. The summed E-state index contributed by atoms with van der Waals surface area (Å²) in [7, 11) is 0. The van der Waals surface area contributed by atoms with E-state index in [9.17, 15) is 4.79 Å². The number of hydrogen-bond donors (Lipinski definition) is 0. The van der Waals surface area contributed by atoms with Crippen LogP contribution in [0.15, 0.2) is 48.7 Å². The first-order chi connectivity index (χ1) is 13.3. The van der Waals surface area contributed by atoms with Crippen molar-refractivity contribution in [3.63, 3.8) is 0 Å². The Kier molecular flexibility index (Phi) is 5.37. The minimum atomic E-state index is 0.0950. The number of fused-ring (bicyclic) bond motifs is 1. The van der Waals surface area contributed by atoms with Crippen molar-refractivity contribution in [1.29, 1.82) is 0 Å². The van der Waals surface area contributed by atoms with E-state index in [1.807, 2.05) is 53.5 Å². The van der Waals surface area contributed by atoms with Crippen LogP contribution in [-0.2, 0) is 4.79 Å². The van der Waals surface area contributed by atoms with Crippen molar-refractivity contribution in [2.45, 2.75) is 44.6 Å². The second-order valence-corrected chi connectivity index (χ2v) is 6.96. The number of aromatic nitrogens is 1. The zero-order valence-corrected chi connectivity index (χ0v) is 15.3. The molecule has 0 saturated heterocycles. The number of carbonyl (C=O) groups excluding carboxylic acids is 1. The maximum absolute atomic E-state index is 13.0. The summed E-state index contributed by atoms with van der Waals surface area (Å²) in [6, 6.07) is 11.8. The predicted octanol–water partition coefficient (Wildman–Crippen LogP) is 4.58. The first-order valence-electron chi connectivity index (χ1n) is 9.60. The van der Waals surface area contributed by atoms with Crippen LogP contribution in [0.25, 0.3) is 6.08 Å². The van der Waals surface area contributed by atoms with Crippen LogP contribution in [0, 0.1) is 0 Å². The van der Waals surface area contributed by atoms with Crippen molar-refractivity contribution in [3.8, 4) is 11.5 Å². The number of amides is 1. The zero-order valence-electron chi connectivity index (χ0n) is 15.3. The molecule has 0 N–H and O–H groups in total. The van der Waals surface area contributed by atoms with Gasteiger partial charge in [-0.1, -0.05) is 43.5 Å². The fourth-order valence-electron chi connectivity index (χ4n) is 3.76. The molecule has 1 aromatic heterocycles. The summed E-state index contributed by atoms with van der Waals surface area (Å²) in [5, 5.41) is 0. The van der Waals surface area contributed by atoms with Gasteiger partial charge in [-0.3, -0.25) is 9.69 Å². The molecule has 0 radical (unpaired) electrons. The third kappa shape index (κ3) is 4.13. The molecule has 1 fully saturated rings. The Morgan fingerprint density at radius 1 is 1.11 bits per heavy atom. The van der Waals surface area contributed by atoms with Crippen LogP contribution in [0.5, 0.6) is 11.5 Å². The highest BCUT2D eigenvalue weighted by molar-refractivity contribution is 5.94. The lowest BCUT2D eigenvalue weighted by Crippen LogP contribution is -2.41. The average Bonchev–Trinajstić information content (AvgIpc) is 3.18. The zero-order chi connectivity index (χ0) is 18.5. The molecule has 27 heavy (non-hydrogen) atoms. The summed E-state index contributed by atoms with van der Waals surface area (Å²) in [6.45, 7) is 0.265. The molecule has 140 valence electrons. The maximum Gasteiger partial charge on any atom is 0.232 e. The Morgan fingerprint density at radius 2 is 1.96 bits per heavy atom. The van der Waals surface area contributed by atoms with E-state index >= 15 is 0 Å². The number of ether oxygens (including phenoxy) is 2. The monoisotopic (exact) mass is 364 g/mol. The fourth-order valence-corrected chi connectivity index (χ4v) is 3.76. The molecular formula is C22H24N2O3. The largest absolute Gasteiger partial charge is 0.454 e. The van der Waals surface area contributed by atoms with E-state index in [0.717, 1.165) is 35.7 Å². The van der Waals surface area contributed by atoms with Gasteiger partial charge in [-0.25, -0.2) is 4.98 Å². The van der Waals surface area contributed by atoms with Crippen LogP contribution < -0.4 is 14.4 Å². The summed E-state index contributed by atoms with van der Waals surface area (Å²) in [6.07, 6.45) is 11.7. The van der Waals surface area contributed by atoms with Gasteiger partial charge in [0.2, 0.25) is 12.7 Å². The van der Waals surface area contributed by atoms with Gasteiger partial charge in [0.25, 0.3) is 0 Å². The minimum absolute atomic E-state index is 0.0950. The maximum atomic E-state index is 13.0. The fraction of sp³-hybridized carbons (Fsp3) is 0.364. The summed E-state index contributed by atoms with van der Waals surface area (Å²) >= 11 is 0. The highest BCUT2D eigenvalue weighted by Gasteiger charge is 2.26. The Balaban J connectivity index is 1.46. The van der Waals surface area contributed by atoms with Crippen LogP contribution in [0.4, 0.5) is 5.82 Å². The SMILES string of the molecule is O=C(C/C=C\c1ccc2c(c1)OCO2)N(c1ccccn1)C1CCCCC1. The summed E-state index contributed by atoms with van der Waals surface area (Å²) in [5.74, 6) is 2.37. The Labute approximate surface area is 159 Å². The number of anilines is 1. The topological polar surface area (TPSA) is 51.7 Å². The molecular weight excluding hydrogens is 340 g/mol. The number of carbonyl (C=O) groups is 1. The van der Waals surface area contributed by atoms with E-state index in [1.54, 1.807) is 6.20 Å². The molecule has 1 aliphatic carbocycles. The highest BCUT2D eigenvalue weighted by atomic mass is 16.7. The Morgan fingerprint density at radius 3 is 2.78 bits per heavy atom. The van der Waals surface area contributed by atoms with Gasteiger partial charge in [-0.05, 0) is 42.7 Å². The molecule has 0 unspecified atom stereocenters. The minimum Gasteiger partial charge on any atom is -0.454 e. The van der Waals surface area contributed by atoms with Crippen molar-refractivity contribution in [2.75, 3.05) is 11.7 Å². The first-order valence-corrected chi connectivity index (χ1v) is 9.60. The van der Waals surface area contributed by atoms with Crippen molar-refractivity contribution in [2.24, 2.45) is 0 Å². The molecule has 1 amide bonds. The van der Waals surface area contributed by atoms with E-state index < -0.39 is 0 Å². The third-order valence-electron chi connectivity index (χ3n) is 5.10. The molecule has 2 aliphatic rings. The van der Waals surface area contributed by atoms with E-state index in [0.29, 0.717) is 6.42 Å². The number of hydrogen-bond acceptors (Lipinski definition) is 4. The predicted molar refractivity (Wildman–Crippen MR) is 105 cm³/mol. The normalized spacial score (nSPS) is 16.6.